The largest absolute Gasteiger partial charge is 0.481 e. The standard InChI is InChI=1S/C21H17F2NO5/c1-12-16(20(27)24-17-5-3-2-4-14(17)10-19(25)26)11-18(28-12)13-6-8-15(9-7-13)29-21(22)23/h2-9,11,21H,10H2,1H3,(H,24,27)(H,25,26). The quantitative estimate of drug-likeness (QED) is 0.597. The van der Waals surface area contributed by atoms with Crippen LogP contribution in [0, 0.1) is 6.92 Å². The highest BCUT2D eigenvalue weighted by molar-refractivity contribution is 6.06. The van der Waals surface area contributed by atoms with E-state index < -0.39 is 18.5 Å². The number of ether oxygens (including phenoxy) is 1. The summed E-state index contributed by atoms with van der Waals surface area (Å²) in [6, 6.07) is 14.0. The number of rotatable bonds is 7. The van der Waals surface area contributed by atoms with E-state index in [0.717, 1.165) is 0 Å². The van der Waals surface area contributed by atoms with Gasteiger partial charge in [0.15, 0.2) is 0 Å². The lowest BCUT2D eigenvalue weighted by molar-refractivity contribution is -0.136. The Bertz CT molecular complexity index is 1030. The molecule has 0 saturated heterocycles. The first-order chi connectivity index (χ1) is 13.8. The van der Waals surface area contributed by atoms with Crippen molar-refractivity contribution in [3.05, 3.63) is 71.5 Å². The van der Waals surface area contributed by atoms with Gasteiger partial charge in [0.25, 0.3) is 5.91 Å². The second-order valence-electron chi connectivity index (χ2n) is 6.17. The summed E-state index contributed by atoms with van der Waals surface area (Å²) in [6.07, 6.45) is -0.223. The number of hydrogen-bond acceptors (Lipinski definition) is 4. The van der Waals surface area contributed by atoms with Crippen LogP contribution in [0.15, 0.2) is 59.0 Å². The molecule has 150 valence electrons. The fraction of sp³-hybridized carbons (Fsp3) is 0.143. The van der Waals surface area contributed by atoms with E-state index in [4.69, 9.17) is 9.52 Å². The number of halogens is 2. The third-order valence-corrected chi connectivity index (χ3v) is 4.13. The summed E-state index contributed by atoms with van der Waals surface area (Å²) in [6.45, 7) is -1.29. The minimum absolute atomic E-state index is 0.0139. The number of carbonyl (C=O) groups is 2. The highest BCUT2D eigenvalue weighted by Gasteiger charge is 2.18. The van der Waals surface area contributed by atoms with Crippen molar-refractivity contribution < 1.29 is 32.6 Å². The molecule has 3 aromatic rings. The van der Waals surface area contributed by atoms with Crippen LogP contribution in [-0.4, -0.2) is 23.6 Å². The zero-order valence-corrected chi connectivity index (χ0v) is 15.3. The average Bonchev–Trinajstić information content (AvgIpc) is 3.05. The van der Waals surface area contributed by atoms with Crippen molar-refractivity contribution >= 4 is 17.6 Å². The van der Waals surface area contributed by atoms with Crippen molar-refractivity contribution in [1.82, 2.24) is 0 Å². The molecule has 0 saturated carbocycles. The molecule has 0 aliphatic rings. The Kier molecular flexibility index (Phi) is 5.92. The molecular weight excluding hydrogens is 384 g/mol. The van der Waals surface area contributed by atoms with Crippen LogP contribution in [-0.2, 0) is 11.2 Å². The molecule has 1 heterocycles. The fourth-order valence-electron chi connectivity index (χ4n) is 2.80. The summed E-state index contributed by atoms with van der Waals surface area (Å²) in [7, 11) is 0. The third-order valence-electron chi connectivity index (χ3n) is 4.13. The number of benzene rings is 2. The van der Waals surface area contributed by atoms with Crippen LogP contribution >= 0.6 is 0 Å². The van der Waals surface area contributed by atoms with E-state index in [1.54, 1.807) is 43.3 Å². The minimum atomic E-state index is -2.91. The zero-order valence-electron chi connectivity index (χ0n) is 15.3. The van der Waals surface area contributed by atoms with Gasteiger partial charge in [-0.15, -0.1) is 0 Å². The summed E-state index contributed by atoms with van der Waals surface area (Å²) < 4.78 is 34.4. The normalized spacial score (nSPS) is 10.8. The molecule has 0 atom stereocenters. The predicted molar refractivity (Wildman–Crippen MR) is 101 cm³/mol. The number of anilines is 1. The maximum absolute atomic E-state index is 12.7. The minimum Gasteiger partial charge on any atom is -0.481 e. The topological polar surface area (TPSA) is 88.8 Å². The number of carboxylic acid groups (broad SMARTS) is 1. The molecule has 0 unspecified atom stereocenters. The zero-order chi connectivity index (χ0) is 21.0. The molecule has 8 heteroatoms. The number of nitrogens with one attached hydrogen (secondary N) is 1. The number of carbonyl (C=O) groups excluding carboxylic acids is 1. The number of amides is 1. The van der Waals surface area contributed by atoms with Gasteiger partial charge in [-0.2, -0.15) is 8.78 Å². The van der Waals surface area contributed by atoms with Gasteiger partial charge in [-0.05, 0) is 48.9 Å². The van der Waals surface area contributed by atoms with Gasteiger partial charge in [-0.3, -0.25) is 9.59 Å². The lowest BCUT2D eigenvalue weighted by atomic mass is 10.1. The highest BCUT2D eigenvalue weighted by Crippen LogP contribution is 2.28. The van der Waals surface area contributed by atoms with Crippen molar-refractivity contribution in [2.75, 3.05) is 5.32 Å². The van der Waals surface area contributed by atoms with Crippen LogP contribution in [0.25, 0.3) is 11.3 Å². The van der Waals surface area contributed by atoms with E-state index in [1.807, 2.05) is 0 Å². The van der Waals surface area contributed by atoms with E-state index in [9.17, 15) is 18.4 Å². The maximum atomic E-state index is 12.7. The van der Waals surface area contributed by atoms with Gasteiger partial charge in [-0.1, -0.05) is 18.2 Å². The molecule has 6 nitrogen and oxygen atoms in total. The first-order valence-electron chi connectivity index (χ1n) is 8.60. The molecule has 0 bridgehead atoms. The summed E-state index contributed by atoms with van der Waals surface area (Å²) >= 11 is 0. The first kappa shape index (κ1) is 20.1. The van der Waals surface area contributed by atoms with E-state index in [1.165, 1.54) is 18.2 Å². The number of aryl methyl sites for hydroxylation is 1. The number of para-hydroxylation sites is 1. The van der Waals surface area contributed by atoms with Crippen molar-refractivity contribution in [1.29, 1.82) is 0 Å². The Labute approximate surface area is 164 Å². The molecule has 3 rings (SSSR count). The Balaban J connectivity index is 1.80. The van der Waals surface area contributed by atoms with E-state index in [2.05, 4.69) is 10.1 Å². The Hall–Kier alpha value is -3.68. The molecular formula is C21H17F2NO5. The van der Waals surface area contributed by atoms with Gasteiger partial charge >= 0.3 is 12.6 Å². The molecule has 1 aromatic heterocycles. The molecule has 0 spiro atoms. The SMILES string of the molecule is Cc1oc(-c2ccc(OC(F)F)cc2)cc1C(=O)Nc1ccccc1CC(=O)O. The van der Waals surface area contributed by atoms with Gasteiger partial charge in [-0.25, -0.2) is 0 Å². The van der Waals surface area contributed by atoms with E-state index in [-0.39, 0.29) is 17.7 Å². The smallest absolute Gasteiger partial charge is 0.387 e. The number of aliphatic carboxylic acids is 1. The molecule has 2 N–H and O–H groups in total. The molecule has 1 amide bonds. The lowest BCUT2D eigenvalue weighted by Gasteiger charge is -2.09. The van der Waals surface area contributed by atoms with Gasteiger partial charge in [0.05, 0.1) is 12.0 Å². The van der Waals surface area contributed by atoms with Gasteiger partial charge in [0.2, 0.25) is 0 Å². The van der Waals surface area contributed by atoms with Crippen LogP contribution in [0.5, 0.6) is 5.75 Å². The predicted octanol–water partition coefficient (Wildman–Crippen LogP) is 4.74. The van der Waals surface area contributed by atoms with Crippen molar-refractivity contribution in [3.8, 4) is 17.1 Å². The first-order valence-corrected chi connectivity index (χ1v) is 8.60. The Morgan fingerprint density at radius 3 is 2.48 bits per heavy atom. The average molecular weight is 401 g/mol. The summed E-state index contributed by atoms with van der Waals surface area (Å²) in [4.78, 5) is 23.7. The highest BCUT2D eigenvalue weighted by atomic mass is 19.3. The lowest BCUT2D eigenvalue weighted by Crippen LogP contribution is -2.14. The monoisotopic (exact) mass is 401 g/mol. The molecule has 2 aromatic carbocycles. The van der Waals surface area contributed by atoms with Gasteiger partial charge < -0.3 is 19.6 Å². The number of alkyl halides is 2. The van der Waals surface area contributed by atoms with Crippen LogP contribution in [0.4, 0.5) is 14.5 Å². The summed E-state index contributed by atoms with van der Waals surface area (Å²) in [5, 5.41) is 11.7. The Morgan fingerprint density at radius 2 is 1.83 bits per heavy atom. The van der Waals surface area contributed by atoms with Gasteiger partial charge in [0.1, 0.15) is 17.3 Å². The maximum Gasteiger partial charge on any atom is 0.387 e. The third kappa shape index (κ3) is 4.98. The van der Waals surface area contributed by atoms with Crippen LogP contribution in [0.1, 0.15) is 21.7 Å². The molecule has 0 aliphatic heterocycles. The molecule has 29 heavy (non-hydrogen) atoms. The number of furan rings is 1. The van der Waals surface area contributed by atoms with Crippen LogP contribution in [0.3, 0.4) is 0 Å². The van der Waals surface area contributed by atoms with E-state index in [0.29, 0.717) is 28.3 Å². The van der Waals surface area contributed by atoms with Crippen molar-refractivity contribution in [3.63, 3.8) is 0 Å². The summed E-state index contributed by atoms with van der Waals surface area (Å²) in [5.74, 6) is -0.697. The number of carboxylic acids is 1. The molecule has 0 radical (unpaired) electrons. The number of hydrogen-bond donors (Lipinski definition) is 2. The van der Waals surface area contributed by atoms with Crippen molar-refractivity contribution in [2.24, 2.45) is 0 Å². The Morgan fingerprint density at radius 1 is 1.14 bits per heavy atom. The van der Waals surface area contributed by atoms with E-state index >= 15 is 0 Å². The van der Waals surface area contributed by atoms with Crippen LogP contribution < -0.4 is 10.1 Å². The fourth-order valence-corrected chi connectivity index (χ4v) is 2.80. The molecule has 0 aliphatic carbocycles. The van der Waals surface area contributed by atoms with Gasteiger partial charge in [0, 0.05) is 11.3 Å². The second-order valence-corrected chi connectivity index (χ2v) is 6.17. The van der Waals surface area contributed by atoms with Crippen LogP contribution in [0.2, 0.25) is 0 Å². The molecule has 0 fully saturated rings. The summed E-state index contributed by atoms with van der Waals surface area (Å²) in [5.41, 5.74) is 1.73. The van der Waals surface area contributed by atoms with Crippen molar-refractivity contribution in [2.45, 2.75) is 20.0 Å². The second kappa shape index (κ2) is 8.55.